The summed E-state index contributed by atoms with van der Waals surface area (Å²) < 4.78 is 7.72. The maximum absolute atomic E-state index is 13.5. The van der Waals surface area contributed by atoms with E-state index in [0.29, 0.717) is 46.5 Å². The van der Waals surface area contributed by atoms with Crippen molar-refractivity contribution in [1.82, 2.24) is 19.0 Å². The number of benzene rings is 2. The number of imidazole rings is 1. The first-order valence-corrected chi connectivity index (χ1v) is 11.0. The maximum Gasteiger partial charge on any atom is 0.407 e. The van der Waals surface area contributed by atoms with Gasteiger partial charge in [0.1, 0.15) is 5.75 Å². The zero-order valence-corrected chi connectivity index (χ0v) is 18.8. The summed E-state index contributed by atoms with van der Waals surface area (Å²) in [6.45, 7) is 0.548. The van der Waals surface area contributed by atoms with Gasteiger partial charge in [0.15, 0.2) is 5.65 Å². The highest BCUT2D eigenvalue weighted by atomic mass is 16.5. The molecule has 1 aliphatic rings. The number of ether oxygens (including phenoxy) is 1. The molecule has 1 unspecified atom stereocenters. The molecule has 10 nitrogen and oxygen atoms in total. The van der Waals surface area contributed by atoms with Crippen LogP contribution in [0.3, 0.4) is 0 Å². The Morgan fingerprint density at radius 2 is 1.89 bits per heavy atom. The van der Waals surface area contributed by atoms with Gasteiger partial charge in [-0.3, -0.25) is 9.13 Å². The number of fused-ring (bicyclic) bond motifs is 1. The molecule has 3 heterocycles. The zero-order valence-electron chi connectivity index (χ0n) is 18.8. The molecule has 0 radical (unpaired) electrons. The van der Waals surface area contributed by atoms with Crippen molar-refractivity contribution < 1.29 is 24.5 Å². The van der Waals surface area contributed by atoms with E-state index in [4.69, 9.17) is 4.74 Å². The summed E-state index contributed by atoms with van der Waals surface area (Å²) in [6, 6.07) is 14.7. The van der Waals surface area contributed by atoms with Gasteiger partial charge >= 0.3 is 17.8 Å². The third kappa shape index (κ3) is 3.78. The molecule has 4 aromatic rings. The standard InChI is InChI=1S/C25H22N4O6/c1-35-23(31)16-6-4-15(5-7-16)19-9-8-17(13-21(19)30)28-20-3-2-11-26-22(20)29(24(28)32)18-10-12-27(14-18)25(33)34/h2-9,11,13,18,30H,10,12,14H2,1H3,(H,33,34). The molecule has 2 aromatic carbocycles. The smallest absolute Gasteiger partial charge is 0.407 e. The van der Waals surface area contributed by atoms with Crippen molar-refractivity contribution in [1.29, 1.82) is 0 Å². The van der Waals surface area contributed by atoms with Crippen LogP contribution in [-0.2, 0) is 4.74 Å². The van der Waals surface area contributed by atoms with Gasteiger partial charge in [-0.05, 0) is 48.4 Å². The Morgan fingerprint density at radius 1 is 1.11 bits per heavy atom. The molecule has 1 aliphatic heterocycles. The van der Waals surface area contributed by atoms with Crippen LogP contribution >= 0.6 is 0 Å². The Bertz CT molecular complexity index is 1500. The molecule has 1 atom stereocenters. The van der Waals surface area contributed by atoms with E-state index in [9.17, 15) is 24.6 Å². The number of hydrogen-bond acceptors (Lipinski definition) is 6. The molecule has 35 heavy (non-hydrogen) atoms. The fourth-order valence-electron chi connectivity index (χ4n) is 4.56. The van der Waals surface area contributed by atoms with E-state index in [1.165, 1.54) is 27.2 Å². The van der Waals surface area contributed by atoms with Crippen LogP contribution in [0.25, 0.3) is 28.0 Å². The number of amides is 1. The number of aromatic nitrogens is 3. The number of phenolic OH excluding ortho intramolecular Hbond substituents is 1. The number of likely N-dealkylation sites (tertiary alicyclic amines) is 1. The lowest BCUT2D eigenvalue weighted by atomic mass is 10.0. The second-order valence-corrected chi connectivity index (χ2v) is 8.28. The second kappa shape index (κ2) is 8.64. The summed E-state index contributed by atoms with van der Waals surface area (Å²) >= 11 is 0. The van der Waals surface area contributed by atoms with Gasteiger partial charge in [0.2, 0.25) is 0 Å². The van der Waals surface area contributed by atoms with Gasteiger partial charge in [-0.2, -0.15) is 0 Å². The topological polar surface area (TPSA) is 127 Å². The Kier molecular flexibility index (Phi) is 5.48. The summed E-state index contributed by atoms with van der Waals surface area (Å²) in [5, 5.41) is 20.1. The molecular formula is C25H22N4O6. The number of hydrogen-bond donors (Lipinski definition) is 2. The summed E-state index contributed by atoms with van der Waals surface area (Å²) in [7, 11) is 1.31. The third-order valence-electron chi connectivity index (χ3n) is 6.29. The van der Waals surface area contributed by atoms with E-state index in [1.54, 1.807) is 54.7 Å². The summed E-state index contributed by atoms with van der Waals surface area (Å²) in [6.07, 6.45) is 1.08. The summed E-state index contributed by atoms with van der Waals surface area (Å²) in [5.41, 5.74) is 2.73. The van der Waals surface area contributed by atoms with Gasteiger partial charge in [-0.15, -0.1) is 0 Å². The van der Waals surface area contributed by atoms with Crippen LogP contribution in [-0.4, -0.2) is 61.5 Å². The van der Waals surface area contributed by atoms with Gasteiger partial charge in [-0.25, -0.2) is 19.4 Å². The highest BCUT2D eigenvalue weighted by Gasteiger charge is 2.31. The molecule has 5 rings (SSSR count). The Hall–Kier alpha value is -4.60. The van der Waals surface area contributed by atoms with Crippen molar-refractivity contribution in [3.05, 3.63) is 76.8 Å². The molecule has 0 bridgehead atoms. The Morgan fingerprint density at radius 3 is 2.54 bits per heavy atom. The lowest BCUT2D eigenvalue weighted by Gasteiger charge is -2.13. The second-order valence-electron chi connectivity index (χ2n) is 8.28. The molecule has 10 heteroatoms. The van der Waals surface area contributed by atoms with E-state index < -0.39 is 12.1 Å². The van der Waals surface area contributed by atoms with Gasteiger partial charge in [-0.1, -0.05) is 12.1 Å². The zero-order chi connectivity index (χ0) is 24.7. The van der Waals surface area contributed by atoms with Crippen molar-refractivity contribution in [2.75, 3.05) is 20.2 Å². The number of esters is 1. The van der Waals surface area contributed by atoms with E-state index in [-0.39, 0.29) is 24.0 Å². The predicted molar refractivity (Wildman–Crippen MR) is 127 cm³/mol. The molecule has 0 spiro atoms. The molecule has 1 amide bonds. The SMILES string of the molecule is COC(=O)c1ccc(-c2ccc(-n3c(=O)n(C4CCN(C(=O)O)C4)c4ncccc43)cc2O)cc1. The largest absolute Gasteiger partial charge is 0.507 e. The first kappa shape index (κ1) is 22.2. The lowest BCUT2D eigenvalue weighted by molar-refractivity contribution is 0.0600. The number of carbonyl (C=O) groups is 2. The van der Waals surface area contributed by atoms with E-state index in [1.807, 2.05) is 0 Å². The predicted octanol–water partition coefficient (Wildman–Crippen LogP) is 3.27. The van der Waals surface area contributed by atoms with Crippen molar-refractivity contribution in [2.45, 2.75) is 12.5 Å². The number of aromatic hydroxyl groups is 1. The van der Waals surface area contributed by atoms with Gasteiger partial charge in [0, 0.05) is 30.9 Å². The molecule has 1 fully saturated rings. The van der Waals surface area contributed by atoms with E-state index >= 15 is 0 Å². The fraction of sp³-hybridized carbons (Fsp3) is 0.200. The normalized spacial score (nSPS) is 15.5. The van der Waals surface area contributed by atoms with Crippen LogP contribution in [0, 0.1) is 0 Å². The number of carbonyl (C=O) groups excluding carboxylic acids is 1. The van der Waals surface area contributed by atoms with Gasteiger partial charge < -0.3 is 19.8 Å². The van der Waals surface area contributed by atoms with E-state index in [2.05, 4.69) is 4.98 Å². The fourth-order valence-corrected chi connectivity index (χ4v) is 4.56. The van der Waals surface area contributed by atoms with Crippen LogP contribution in [0.15, 0.2) is 65.6 Å². The number of nitrogens with zero attached hydrogens (tertiary/aromatic N) is 4. The summed E-state index contributed by atoms with van der Waals surface area (Å²) in [5.74, 6) is -0.489. The van der Waals surface area contributed by atoms with Gasteiger partial charge in [0.25, 0.3) is 0 Å². The Balaban J connectivity index is 1.56. The minimum Gasteiger partial charge on any atom is -0.507 e. The first-order chi connectivity index (χ1) is 16.9. The summed E-state index contributed by atoms with van der Waals surface area (Å²) in [4.78, 5) is 42.3. The average molecular weight is 474 g/mol. The molecule has 0 saturated carbocycles. The molecule has 1 saturated heterocycles. The van der Waals surface area contributed by atoms with Crippen LogP contribution in [0.5, 0.6) is 5.75 Å². The first-order valence-electron chi connectivity index (χ1n) is 11.0. The molecule has 0 aliphatic carbocycles. The van der Waals surface area contributed by atoms with Crippen molar-refractivity contribution in [2.24, 2.45) is 0 Å². The minimum absolute atomic E-state index is 0.0390. The van der Waals surface area contributed by atoms with Gasteiger partial charge in [0.05, 0.1) is 29.9 Å². The van der Waals surface area contributed by atoms with Crippen LogP contribution < -0.4 is 5.69 Å². The molecular weight excluding hydrogens is 452 g/mol. The minimum atomic E-state index is -1.02. The highest BCUT2D eigenvalue weighted by Crippen LogP contribution is 2.32. The average Bonchev–Trinajstić information content (AvgIpc) is 3.46. The van der Waals surface area contributed by atoms with Crippen molar-refractivity contribution in [3.63, 3.8) is 0 Å². The Labute approximate surface area is 199 Å². The third-order valence-corrected chi connectivity index (χ3v) is 6.29. The lowest BCUT2D eigenvalue weighted by Crippen LogP contribution is -2.31. The van der Waals surface area contributed by atoms with Crippen LogP contribution in [0.2, 0.25) is 0 Å². The number of carboxylic acid groups (broad SMARTS) is 1. The number of phenols is 1. The van der Waals surface area contributed by atoms with Crippen LogP contribution in [0.4, 0.5) is 4.79 Å². The molecule has 178 valence electrons. The number of rotatable bonds is 4. The molecule has 2 aromatic heterocycles. The monoisotopic (exact) mass is 474 g/mol. The van der Waals surface area contributed by atoms with Crippen LogP contribution in [0.1, 0.15) is 22.8 Å². The van der Waals surface area contributed by atoms with E-state index in [0.717, 1.165) is 0 Å². The number of pyridine rings is 1. The quantitative estimate of drug-likeness (QED) is 0.435. The molecule has 2 N–H and O–H groups in total. The van der Waals surface area contributed by atoms with Crippen molar-refractivity contribution in [3.8, 4) is 22.6 Å². The highest BCUT2D eigenvalue weighted by molar-refractivity contribution is 5.90. The number of methoxy groups -OCH3 is 1. The van der Waals surface area contributed by atoms with Crippen molar-refractivity contribution >= 4 is 23.2 Å². The maximum atomic E-state index is 13.5.